The molecule has 2 saturated heterocycles. The molecule has 2 heterocycles. The quantitative estimate of drug-likeness (QED) is 0.739. The smallest absolute Gasteiger partial charge is 0.290 e. The number of piperidine rings is 1. The summed E-state index contributed by atoms with van der Waals surface area (Å²) in [7, 11) is 0. The molecular formula is C11H19F2N3O2. The van der Waals surface area contributed by atoms with Gasteiger partial charge in [-0.2, -0.15) is 0 Å². The molecule has 2 aliphatic heterocycles. The molecule has 1 unspecified atom stereocenters. The van der Waals surface area contributed by atoms with Gasteiger partial charge in [-0.3, -0.25) is 15.4 Å². The van der Waals surface area contributed by atoms with E-state index in [1.165, 1.54) is 4.90 Å². The number of carbonyl (C=O) groups excluding carboxylic acids is 1. The number of rotatable bonds is 3. The largest absolute Gasteiger partial charge is 0.372 e. The Morgan fingerprint density at radius 2 is 2.11 bits per heavy atom. The zero-order chi connectivity index (χ0) is 13.2. The number of alkyl halides is 2. The molecule has 0 bridgehead atoms. The SMILES string of the molecule is CCOC1CCN(C(=O)C2NCCN2)CC1(F)F. The van der Waals surface area contributed by atoms with Crippen LogP contribution in [0, 0.1) is 0 Å². The molecule has 0 aromatic carbocycles. The third kappa shape index (κ3) is 2.78. The van der Waals surface area contributed by atoms with Gasteiger partial charge < -0.3 is 9.64 Å². The van der Waals surface area contributed by atoms with E-state index >= 15 is 0 Å². The van der Waals surface area contributed by atoms with E-state index in [1.807, 2.05) is 0 Å². The normalized spacial score (nSPS) is 28.6. The van der Waals surface area contributed by atoms with E-state index in [9.17, 15) is 13.6 Å². The Morgan fingerprint density at radius 1 is 1.44 bits per heavy atom. The fraction of sp³-hybridized carbons (Fsp3) is 0.909. The summed E-state index contributed by atoms with van der Waals surface area (Å²) in [6, 6.07) is 0. The molecule has 2 rings (SSSR count). The van der Waals surface area contributed by atoms with Crippen molar-refractivity contribution in [3.8, 4) is 0 Å². The lowest BCUT2D eigenvalue weighted by molar-refractivity contribution is -0.179. The van der Waals surface area contributed by atoms with Crippen LogP contribution in [0.1, 0.15) is 13.3 Å². The van der Waals surface area contributed by atoms with Gasteiger partial charge in [-0.1, -0.05) is 0 Å². The van der Waals surface area contributed by atoms with Crippen LogP contribution in [0.5, 0.6) is 0 Å². The number of ether oxygens (including phenoxy) is 1. The van der Waals surface area contributed by atoms with Crippen LogP contribution in [0.15, 0.2) is 0 Å². The van der Waals surface area contributed by atoms with E-state index in [-0.39, 0.29) is 18.9 Å². The Balaban J connectivity index is 1.95. The highest BCUT2D eigenvalue weighted by atomic mass is 19.3. The summed E-state index contributed by atoms with van der Waals surface area (Å²) in [6.45, 7) is 3.08. The van der Waals surface area contributed by atoms with Crippen molar-refractivity contribution < 1.29 is 18.3 Å². The molecule has 0 spiro atoms. The highest BCUT2D eigenvalue weighted by molar-refractivity contribution is 5.82. The fourth-order valence-corrected chi connectivity index (χ4v) is 2.38. The van der Waals surface area contributed by atoms with Crippen molar-refractivity contribution in [1.82, 2.24) is 15.5 Å². The maximum absolute atomic E-state index is 13.8. The number of hydrogen-bond acceptors (Lipinski definition) is 4. The number of nitrogens with zero attached hydrogens (tertiary/aromatic N) is 1. The Kier molecular flexibility index (Phi) is 4.14. The number of likely N-dealkylation sites (tertiary alicyclic amines) is 1. The second-order valence-electron chi connectivity index (χ2n) is 4.59. The summed E-state index contributed by atoms with van der Waals surface area (Å²) in [5, 5.41) is 5.88. The van der Waals surface area contributed by atoms with Gasteiger partial charge in [0, 0.05) is 26.2 Å². The average Bonchev–Trinajstić information content (AvgIpc) is 2.84. The predicted octanol–water partition coefficient (Wildman–Crippen LogP) is -0.222. The van der Waals surface area contributed by atoms with Crippen molar-refractivity contribution in [2.24, 2.45) is 0 Å². The highest BCUT2D eigenvalue weighted by Gasteiger charge is 2.47. The fourth-order valence-electron chi connectivity index (χ4n) is 2.38. The second kappa shape index (κ2) is 5.46. The van der Waals surface area contributed by atoms with Crippen molar-refractivity contribution in [2.75, 3.05) is 32.8 Å². The highest BCUT2D eigenvalue weighted by Crippen LogP contribution is 2.30. The monoisotopic (exact) mass is 263 g/mol. The minimum Gasteiger partial charge on any atom is -0.372 e. The Hall–Kier alpha value is -0.790. The first-order chi connectivity index (χ1) is 8.54. The second-order valence-corrected chi connectivity index (χ2v) is 4.59. The van der Waals surface area contributed by atoms with E-state index in [1.54, 1.807) is 6.92 Å². The van der Waals surface area contributed by atoms with Gasteiger partial charge in [-0.25, -0.2) is 8.78 Å². The topological polar surface area (TPSA) is 53.6 Å². The molecule has 104 valence electrons. The van der Waals surface area contributed by atoms with Crippen LogP contribution < -0.4 is 10.6 Å². The molecule has 0 aromatic rings. The first kappa shape index (κ1) is 13.6. The van der Waals surface area contributed by atoms with Crippen molar-refractivity contribution in [3.63, 3.8) is 0 Å². The summed E-state index contributed by atoms with van der Waals surface area (Å²) in [4.78, 5) is 13.2. The molecule has 18 heavy (non-hydrogen) atoms. The molecule has 2 fully saturated rings. The first-order valence-electron chi connectivity index (χ1n) is 6.29. The van der Waals surface area contributed by atoms with Gasteiger partial charge in [-0.15, -0.1) is 0 Å². The number of hydrogen-bond donors (Lipinski definition) is 2. The van der Waals surface area contributed by atoms with Gasteiger partial charge in [0.2, 0.25) is 0 Å². The van der Waals surface area contributed by atoms with Gasteiger partial charge >= 0.3 is 0 Å². The van der Waals surface area contributed by atoms with Crippen LogP contribution in [0.2, 0.25) is 0 Å². The van der Waals surface area contributed by atoms with Crippen LogP contribution in [-0.4, -0.2) is 61.8 Å². The van der Waals surface area contributed by atoms with Gasteiger partial charge in [0.25, 0.3) is 11.8 Å². The maximum Gasteiger partial charge on any atom is 0.290 e. The summed E-state index contributed by atoms with van der Waals surface area (Å²) >= 11 is 0. The molecule has 0 aromatic heterocycles. The van der Waals surface area contributed by atoms with Gasteiger partial charge in [0.05, 0.1) is 6.54 Å². The molecule has 0 radical (unpaired) electrons. The molecule has 2 N–H and O–H groups in total. The van der Waals surface area contributed by atoms with Crippen LogP contribution in [0.4, 0.5) is 8.78 Å². The molecule has 5 nitrogen and oxygen atoms in total. The molecule has 1 atom stereocenters. The lowest BCUT2D eigenvalue weighted by Crippen LogP contribution is -2.58. The predicted molar refractivity (Wildman–Crippen MR) is 61.4 cm³/mol. The van der Waals surface area contributed by atoms with Gasteiger partial charge in [0.1, 0.15) is 12.3 Å². The molecule has 1 amide bonds. The van der Waals surface area contributed by atoms with Gasteiger partial charge in [0.15, 0.2) is 0 Å². The van der Waals surface area contributed by atoms with E-state index in [2.05, 4.69) is 10.6 Å². The summed E-state index contributed by atoms with van der Waals surface area (Å²) in [5.74, 6) is -3.27. The molecular weight excluding hydrogens is 244 g/mol. The maximum atomic E-state index is 13.8. The minimum atomic E-state index is -2.97. The van der Waals surface area contributed by atoms with E-state index in [4.69, 9.17) is 4.74 Å². The number of carbonyl (C=O) groups is 1. The van der Waals surface area contributed by atoms with E-state index in [0.717, 1.165) is 0 Å². The van der Waals surface area contributed by atoms with E-state index in [0.29, 0.717) is 19.6 Å². The number of nitrogens with one attached hydrogen (secondary N) is 2. The van der Waals surface area contributed by atoms with Gasteiger partial charge in [-0.05, 0) is 13.3 Å². The third-order valence-corrected chi connectivity index (χ3v) is 3.28. The Morgan fingerprint density at radius 3 is 2.67 bits per heavy atom. The number of halogens is 2. The van der Waals surface area contributed by atoms with E-state index < -0.39 is 24.7 Å². The molecule has 0 aliphatic carbocycles. The zero-order valence-electron chi connectivity index (χ0n) is 10.4. The molecule has 0 saturated carbocycles. The van der Waals surface area contributed by atoms with Crippen LogP contribution in [0.3, 0.4) is 0 Å². The standard InChI is InChI=1S/C11H19F2N3O2/c1-2-18-8-3-6-16(7-11(8,12)13)10(17)9-14-4-5-15-9/h8-9,14-15H,2-7H2,1H3. The Bertz CT molecular complexity index is 309. The van der Waals surface area contributed by atoms with Crippen LogP contribution in [0.25, 0.3) is 0 Å². The first-order valence-corrected chi connectivity index (χ1v) is 6.29. The van der Waals surface area contributed by atoms with Crippen LogP contribution in [-0.2, 0) is 9.53 Å². The third-order valence-electron chi connectivity index (χ3n) is 3.28. The zero-order valence-corrected chi connectivity index (χ0v) is 10.4. The van der Waals surface area contributed by atoms with Crippen molar-refractivity contribution in [2.45, 2.75) is 31.5 Å². The van der Waals surface area contributed by atoms with Crippen LogP contribution >= 0.6 is 0 Å². The van der Waals surface area contributed by atoms with Crippen molar-refractivity contribution in [1.29, 1.82) is 0 Å². The lowest BCUT2D eigenvalue weighted by Gasteiger charge is -2.38. The summed E-state index contributed by atoms with van der Waals surface area (Å²) in [5.41, 5.74) is 0. The van der Waals surface area contributed by atoms with Crippen molar-refractivity contribution in [3.05, 3.63) is 0 Å². The minimum absolute atomic E-state index is 0.180. The molecule has 2 aliphatic rings. The average molecular weight is 263 g/mol. The Labute approximate surface area is 105 Å². The summed E-state index contributed by atoms with van der Waals surface area (Å²) < 4.78 is 32.6. The molecule has 7 heteroatoms. The number of amides is 1. The lowest BCUT2D eigenvalue weighted by atomic mass is 10.0. The summed E-state index contributed by atoms with van der Waals surface area (Å²) in [6.07, 6.45) is -1.42. The van der Waals surface area contributed by atoms with Crippen molar-refractivity contribution >= 4 is 5.91 Å².